The van der Waals surface area contributed by atoms with Crippen LogP contribution in [0.5, 0.6) is 0 Å². The van der Waals surface area contributed by atoms with Gasteiger partial charge in [0.1, 0.15) is 0 Å². The van der Waals surface area contributed by atoms with Crippen LogP contribution >= 0.6 is 0 Å². The van der Waals surface area contributed by atoms with Crippen LogP contribution in [0.4, 0.5) is 0 Å². The van der Waals surface area contributed by atoms with Crippen LogP contribution in [0, 0.1) is 0 Å². The summed E-state index contributed by atoms with van der Waals surface area (Å²) in [5.74, 6) is -1.15. The highest BCUT2D eigenvalue weighted by molar-refractivity contribution is 5.82. The topological polar surface area (TPSA) is 89.1 Å². The minimum absolute atomic E-state index is 0.301. The van der Waals surface area contributed by atoms with Gasteiger partial charge in [-0.05, 0) is 29.3 Å². The van der Waals surface area contributed by atoms with Gasteiger partial charge in [0.05, 0.1) is 0 Å². The summed E-state index contributed by atoms with van der Waals surface area (Å²) in [5, 5.41) is 11.9. The van der Waals surface area contributed by atoms with Crippen molar-refractivity contribution in [3.8, 4) is 0 Å². The van der Waals surface area contributed by atoms with Crippen molar-refractivity contribution in [3.05, 3.63) is 41.8 Å². The van der Waals surface area contributed by atoms with Crippen molar-refractivity contribution in [2.45, 2.75) is 12.8 Å². The Kier molecular flexibility index (Phi) is 2.90. The zero-order chi connectivity index (χ0) is 11.4. The average Bonchev–Trinajstić information content (AvgIpc) is 2.76. The standard InChI is InChI=1S/C10H9N3O3/c14-10(15)9-12-8(16-13-9)2-1-7-3-5-11-6-4-7/h3-6H,1-2H2,(H,14,15). The van der Waals surface area contributed by atoms with Gasteiger partial charge in [0.15, 0.2) is 0 Å². The van der Waals surface area contributed by atoms with Crippen LogP contribution in [0.2, 0.25) is 0 Å². The molecule has 6 nitrogen and oxygen atoms in total. The summed E-state index contributed by atoms with van der Waals surface area (Å²) < 4.78 is 4.79. The lowest BCUT2D eigenvalue weighted by Crippen LogP contribution is -1.99. The van der Waals surface area contributed by atoms with Gasteiger partial charge in [-0.15, -0.1) is 0 Å². The van der Waals surface area contributed by atoms with Crippen LogP contribution in [-0.4, -0.2) is 26.2 Å². The van der Waals surface area contributed by atoms with Gasteiger partial charge in [-0.3, -0.25) is 4.98 Å². The second kappa shape index (κ2) is 4.52. The summed E-state index contributed by atoms with van der Waals surface area (Å²) in [6, 6.07) is 3.77. The van der Waals surface area contributed by atoms with Crippen molar-refractivity contribution in [2.24, 2.45) is 0 Å². The number of carboxylic acid groups (broad SMARTS) is 1. The Hall–Kier alpha value is -2.24. The molecular formula is C10H9N3O3. The van der Waals surface area contributed by atoms with Gasteiger partial charge in [0.25, 0.3) is 5.82 Å². The summed E-state index contributed by atoms with van der Waals surface area (Å²) >= 11 is 0. The van der Waals surface area contributed by atoms with E-state index in [1.165, 1.54) is 0 Å². The third-order valence-electron chi connectivity index (χ3n) is 2.04. The van der Waals surface area contributed by atoms with E-state index >= 15 is 0 Å². The maximum absolute atomic E-state index is 10.5. The van der Waals surface area contributed by atoms with Gasteiger partial charge in [0.2, 0.25) is 5.89 Å². The lowest BCUT2D eigenvalue weighted by molar-refractivity contribution is 0.0680. The molecular weight excluding hydrogens is 210 g/mol. The van der Waals surface area contributed by atoms with Gasteiger partial charge >= 0.3 is 5.97 Å². The van der Waals surface area contributed by atoms with Gasteiger partial charge in [-0.25, -0.2) is 4.79 Å². The molecule has 6 heteroatoms. The molecule has 0 aliphatic heterocycles. The van der Waals surface area contributed by atoms with Crippen LogP contribution in [0.25, 0.3) is 0 Å². The molecule has 0 atom stereocenters. The van der Waals surface area contributed by atoms with Gasteiger partial charge < -0.3 is 9.63 Å². The van der Waals surface area contributed by atoms with Gasteiger partial charge in [-0.2, -0.15) is 4.98 Å². The fourth-order valence-corrected chi connectivity index (χ4v) is 1.24. The first-order valence-electron chi connectivity index (χ1n) is 4.70. The third kappa shape index (κ3) is 2.41. The first-order valence-corrected chi connectivity index (χ1v) is 4.70. The second-order valence-corrected chi connectivity index (χ2v) is 3.17. The zero-order valence-corrected chi connectivity index (χ0v) is 8.33. The van der Waals surface area contributed by atoms with Gasteiger partial charge in [0, 0.05) is 18.8 Å². The molecule has 0 aliphatic carbocycles. The molecule has 2 aromatic rings. The third-order valence-corrected chi connectivity index (χ3v) is 2.04. The highest BCUT2D eigenvalue weighted by Crippen LogP contribution is 2.04. The number of hydrogen-bond donors (Lipinski definition) is 1. The Morgan fingerprint density at radius 1 is 1.31 bits per heavy atom. The van der Waals surface area contributed by atoms with Crippen LogP contribution < -0.4 is 0 Å². The predicted octanol–water partition coefficient (Wildman–Crippen LogP) is 0.948. The molecule has 2 aromatic heterocycles. The molecule has 1 N–H and O–H groups in total. The Balaban J connectivity index is 1.97. The highest BCUT2D eigenvalue weighted by atomic mass is 16.5. The van der Waals surface area contributed by atoms with E-state index in [0.29, 0.717) is 18.7 Å². The first kappa shape index (κ1) is 10.3. The Morgan fingerprint density at radius 2 is 2.06 bits per heavy atom. The zero-order valence-electron chi connectivity index (χ0n) is 8.33. The van der Waals surface area contributed by atoms with Crippen molar-refractivity contribution in [1.29, 1.82) is 0 Å². The van der Waals surface area contributed by atoms with Crippen molar-refractivity contribution in [2.75, 3.05) is 0 Å². The first-order chi connectivity index (χ1) is 7.75. The van der Waals surface area contributed by atoms with E-state index in [-0.39, 0.29) is 5.82 Å². The van der Waals surface area contributed by atoms with Crippen molar-refractivity contribution in [3.63, 3.8) is 0 Å². The maximum Gasteiger partial charge on any atom is 0.377 e. The summed E-state index contributed by atoms with van der Waals surface area (Å²) in [4.78, 5) is 18.1. The fraction of sp³-hybridized carbons (Fsp3) is 0.200. The minimum Gasteiger partial charge on any atom is -0.475 e. The SMILES string of the molecule is O=C(O)c1noc(CCc2ccncc2)n1. The van der Waals surface area contributed by atoms with Crippen LogP contribution in [0.1, 0.15) is 22.1 Å². The van der Waals surface area contributed by atoms with E-state index in [1.54, 1.807) is 12.4 Å². The summed E-state index contributed by atoms with van der Waals surface area (Å²) in [6.07, 6.45) is 4.63. The molecule has 0 saturated heterocycles. The number of carbonyl (C=O) groups is 1. The summed E-state index contributed by atoms with van der Waals surface area (Å²) in [5.41, 5.74) is 1.09. The van der Waals surface area contributed by atoms with Crippen molar-refractivity contribution < 1.29 is 14.4 Å². The number of aromatic carboxylic acids is 1. The number of aromatic nitrogens is 3. The predicted molar refractivity (Wildman–Crippen MR) is 52.9 cm³/mol. The van der Waals surface area contributed by atoms with Gasteiger partial charge in [-0.1, -0.05) is 0 Å². The average molecular weight is 219 g/mol. The largest absolute Gasteiger partial charge is 0.475 e. The number of pyridine rings is 1. The smallest absolute Gasteiger partial charge is 0.377 e. The molecule has 0 unspecified atom stereocenters. The molecule has 0 amide bonds. The normalized spacial score (nSPS) is 10.2. The van der Waals surface area contributed by atoms with E-state index in [9.17, 15) is 4.79 Å². The lowest BCUT2D eigenvalue weighted by atomic mass is 10.1. The maximum atomic E-state index is 10.5. The number of nitrogens with zero attached hydrogens (tertiary/aromatic N) is 3. The number of aryl methyl sites for hydroxylation is 2. The molecule has 0 aromatic carbocycles. The molecule has 2 rings (SSSR count). The molecule has 0 saturated carbocycles. The van der Waals surface area contributed by atoms with Crippen LogP contribution in [-0.2, 0) is 12.8 Å². The number of rotatable bonds is 4. The highest BCUT2D eigenvalue weighted by Gasteiger charge is 2.12. The van der Waals surface area contributed by atoms with E-state index in [4.69, 9.17) is 9.63 Å². The molecule has 2 heterocycles. The van der Waals surface area contributed by atoms with E-state index in [1.807, 2.05) is 12.1 Å². The molecule has 0 aliphatic rings. The Morgan fingerprint density at radius 3 is 2.69 bits per heavy atom. The Bertz CT molecular complexity index is 481. The molecule has 82 valence electrons. The number of carboxylic acids is 1. The Labute approximate surface area is 90.9 Å². The molecule has 0 spiro atoms. The minimum atomic E-state index is -1.18. The van der Waals surface area contributed by atoms with Crippen molar-refractivity contribution >= 4 is 5.97 Å². The van der Waals surface area contributed by atoms with E-state index in [2.05, 4.69) is 15.1 Å². The second-order valence-electron chi connectivity index (χ2n) is 3.17. The molecule has 16 heavy (non-hydrogen) atoms. The number of hydrogen-bond acceptors (Lipinski definition) is 5. The van der Waals surface area contributed by atoms with Crippen molar-refractivity contribution in [1.82, 2.24) is 15.1 Å². The quantitative estimate of drug-likeness (QED) is 0.823. The summed E-state index contributed by atoms with van der Waals surface area (Å²) in [6.45, 7) is 0. The fourth-order valence-electron chi connectivity index (χ4n) is 1.24. The molecule has 0 fully saturated rings. The molecule has 0 bridgehead atoms. The van der Waals surface area contributed by atoms with Crippen LogP contribution in [0.3, 0.4) is 0 Å². The lowest BCUT2D eigenvalue weighted by Gasteiger charge is -1.95. The summed E-state index contributed by atoms with van der Waals surface area (Å²) in [7, 11) is 0. The van der Waals surface area contributed by atoms with E-state index in [0.717, 1.165) is 5.56 Å². The van der Waals surface area contributed by atoms with E-state index < -0.39 is 5.97 Å². The van der Waals surface area contributed by atoms with Crippen LogP contribution in [0.15, 0.2) is 29.0 Å². The monoisotopic (exact) mass is 219 g/mol. The molecule has 0 radical (unpaired) electrons.